The monoisotopic (exact) mass is 324 g/mol. The van der Waals surface area contributed by atoms with E-state index < -0.39 is 5.97 Å². The molecule has 0 saturated carbocycles. The van der Waals surface area contributed by atoms with Gasteiger partial charge in [-0.1, -0.05) is 54.6 Å². The van der Waals surface area contributed by atoms with Gasteiger partial charge in [0.05, 0.1) is 16.7 Å². The molecule has 6 heteroatoms. The van der Waals surface area contributed by atoms with Crippen molar-refractivity contribution in [1.82, 2.24) is 0 Å². The average molecular weight is 326 g/mol. The number of benzene rings is 1. The molecule has 3 nitrogen and oxygen atoms in total. The van der Waals surface area contributed by atoms with E-state index in [9.17, 15) is 4.79 Å². The fourth-order valence-electron chi connectivity index (χ4n) is 1.38. The summed E-state index contributed by atoms with van der Waals surface area (Å²) in [7, 11) is 0. The second-order valence-electron chi connectivity index (χ2n) is 3.91. The predicted octanol–water partition coefficient (Wildman–Crippen LogP) is 4.76. The molecule has 1 aromatic carbocycles. The molecule has 0 saturated heterocycles. The summed E-state index contributed by atoms with van der Waals surface area (Å²) in [5.41, 5.74) is 0. The zero-order valence-electron chi connectivity index (χ0n) is 10.5. The quantitative estimate of drug-likeness (QED) is 0.535. The zero-order valence-corrected chi connectivity index (χ0v) is 12.8. The van der Waals surface area contributed by atoms with Crippen molar-refractivity contribution in [3.63, 3.8) is 0 Å². The highest BCUT2D eigenvalue weighted by Crippen LogP contribution is 2.35. The topological polar surface area (TPSA) is 35.5 Å². The Bertz CT molecular complexity index is 412. The third-order valence-electron chi connectivity index (χ3n) is 2.31. The Morgan fingerprint density at radius 2 is 1.79 bits per heavy atom. The van der Waals surface area contributed by atoms with Gasteiger partial charge in [0.1, 0.15) is 0 Å². The van der Waals surface area contributed by atoms with Crippen LogP contribution in [0.1, 0.15) is 26.2 Å². The Labute approximate surface area is 127 Å². The number of unbranched alkanes of at least 4 members (excludes halogenated alkanes) is 2. The maximum atomic E-state index is 11.4. The van der Waals surface area contributed by atoms with Crippen LogP contribution in [0, 0.1) is 0 Å². The van der Waals surface area contributed by atoms with Gasteiger partial charge in [-0.05, 0) is 18.6 Å². The van der Waals surface area contributed by atoms with Crippen molar-refractivity contribution in [3.05, 3.63) is 27.2 Å². The van der Waals surface area contributed by atoms with Crippen molar-refractivity contribution >= 4 is 40.8 Å². The molecule has 0 radical (unpaired) electrons. The minimum atomic E-state index is -0.446. The number of carbonyl (C=O) groups is 1. The number of hydrogen-bond donors (Lipinski definition) is 0. The third-order valence-corrected chi connectivity index (χ3v) is 3.09. The van der Waals surface area contributed by atoms with Crippen molar-refractivity contribution in [2.24, 2.45) is 0 Å². The molecule has 0 heterocycles. The van der Waals surface area contributed by atoms with E-state index in [0.717, 1.165) is 19.3 Å². The number of ether oxygens (including phenoxy) is 2. The summed E-state index contributed by atoms with van der Waals surface area (Å²) in [6, 6.07) is 2.99. The minimum Gasteiger partial charge on any atom is -0.479 e. The summed E-state index contributed by atoms with van der Waals surface area (Å²) < 4.78 is 10.2. The number of esters is 1. The summed E-state index contributed by atoms with van der Waals surface area (Å²) >= 11 is 17.6. The van der Waals surface area contributed by atoms with Gasteiger partial charge in [-0.15, -0.1) is 0 Å². The summed E-state index contributed by atoms with van der Waals surface area (Å²) in [5.74, 6) is -0.212. The van der Waals surface area contributed by atoms with Crippen LogP contribution in [-0.2, 0) is 9.53 Å². The highest BCUT2D eigenvalue weighted by atomic mass is 35.5. The Hall–Kier alpha value is -0.640. The molecule has 0 bridgehead atoms. The summed E-state index contributed by atoms with van der Waals surface area (Å²) in [5, 5.41) is 0.928. The van der Waals surface area contributed by atoms with E-state index in [4.69, 9.17) is 44.3 Å². The van der Waals surface area contributed by atoms with Gasteiger partial charge in [0, 0.05) is 5.02 Å². The molecule has 1 aromatic rings. The van der Waals surface area contributed by atoms with Crippen LogP contribution in [0.3, 0.4) is 0 Å². The fraction of sp³-hybridized carbons (Fsp3) is 0.462. The largest absolute Gasteiger partial charge is 0.479 e. The maximum Gasteiger partial charge on any atom is 0.344 e. The van der Waals surface area contributed by atoms with Gasteiger partial charge in [0.15, 0.2) is 12.4 Å². The number of rotatable bonds is 7. The molecule has 0 N–H and O–H groups in total. The second kappa shape index (κ2) is 8.51. The molecule has 0 aliphatic rings. The molecule has 0 fully saturated rings. The number of carbonyl (C=O) groups excluding carboxylic acids is 1. The van der Waals surface area contributed by atoms with Gasteiger partial charge in [0.2, 0.25) is 0 Å². The fourth-order valence-corrected chi connectivity index (χ4v) is 2.30. The number of hydrogen-bond acceptors (Lipinski definition) is 3. The van der Waals surface area contributed by atoms with Gasteiger partial charge in [-0.2, -0.15) is 0 Å². The lowest BCUT2D eigenvalue weighted by atomic mass is 10.3. The molecule has 0 spiro atoms. The molecule has 0 amide bonds. The molecule has 0 aromatic heterocycles. The summed E-state index contributed by atoms with van der Waals surface area (Å²) in [6.07, 6.45) is 2.96. The Kier molecular flexibility index (Phi) is 7.36. The van der Waals surface area contributed by atoms with Gasteiger partial charge < -0.3 is 9.47 Å². The van der Waals surface area contributed by atoms with E-state index in [2.05, 4.69) is 6.92 Å². The molecule has 0 aliphatic heterocycles. The first-order valence-corrected chi connectivity index (χ1v) is 7.11. The van der Waals surface area contributed by atoms with Crippen LogP contribution in [0.5, 0.6) is 5.75 Å². The first kappa shape index (κ1) is 16.4. The van der Waals surface area contributed by atoms with Gasteiger partial charge in [-0.3, -0.25) is 0 Å². The van der Waals surface area contributed by atoms with Crippen LogP contribution in [0.15, 0.2) is 12.1 Å². The van der Waals surface area contributed by atoms with E-state index in [1.54, 1.807) is 0 Å². The molecular weight excluding hydrogens is 310 g/mol. The molecule has 0 atom stereocenters. The Balaban J connectivity index is 2.42. The molecule has 19 heavy (non-hydrogen) atoms. The first-order chi connectivity index (χ1) is 9.04. The summed E-state index contributed by atoms with van der Waals surface area (Å²) in [6.45, 7) is 2.25. The normalized spacial score (nSPS) is 10.3. The van der Waals surface area contributed by atoms with Crippen LogP contribution < -0.4 is 4.74 Å². The van der Waals surface area contributed by atoms with E-state index in [1.807, 2.05) is 0 Å². The lowest BCUT2D eigenvalue weighted by Crippen LogP contribution is -2.15. The Morgan fingerprint density at radius 3 is 2.37 bits per heavy atom. The highest BCUT2D eigenvalue weighted by Gasteiger charge is 2.11. The van der Waals surface area contributed by atoms with Crippen LogP contribution in [0.4, 0.5) is 0 Å². The van der Waals surface area contributed by atoms with E-state index in [0.29, 0.717) is 11.6 Å². The zero-order chi connectivity index (χ0) is 14.3. The van der Waals surface area contributed by atoms with Crippen molar-refractivity contribution in [2.45, 2.75) is 26.2 Å². The van der Waals surface area contributed by atoms with Crippen LogP contribution in [0.25, 0.3) is 0 Å². The third kappa shape index (κ3) is 5.89. The molecule has 0 aliphatic carbocycles. The first-order valence-electron chi connectivity index (χ1n) is 5.97. The van der Waals surface area contributed by atoms with Gasteiger partial charge in [0.25, 0.3) is 0 Å². The van der Waals surface area contributed by atoms with Crippen molar-refractivity contribution in [1.29, 1.82) is 0 Å². The molecule has 106 valence electrons. The number of halogens is 3. The highest BCUT2D eigenvalue weighted by molar-refractivity contribution is 6.40. The second-order valence-corrected chi connectivity index (χ2v) is 5.17. The van der Waals surface area contributed by atoms with Crippen molar-refractivity contribution in [2.75, 3.05) is 13.2 Å². The van der Waals surface area contributed by atoms with E-state index in [1.165, 1.54) is 12.1 Å². The SMILES string of the molecule is CCCCCOC(=O)COc1c(Cl)cc(Cl)cc1Cl. The molecule has 1 rings (SSSR count). The predicted molar refractivity (Wildman–Crippen MR) is 77.5 cm³/mol. The van der Waals surface area contributed by atoms with Crippen LogP contribution in [0.2, 0.25) is 15.1 Å². The lowest BCUT2D eigenvalue weighted by Gasteiger charge is -2.10. The molecular formula is C13H15Cl3O3. The smallest absolute Gasteiger partial charge is 0.344 e. The van der Waals surface area contributed by atoms with E-state index >= 15 is 0 Å². The van der Waals surface area contributed by atoms with Crippen LogP contribution in [-0.4, -0.2) is 19.2 Å². The lowest BCUT2D eigenvalue weighted by molar-refractivity contribution is -0.146. The standard InChI is InChI=1S/C13H15Cl3O3/c1-2-3-4-5-18-12(17)8-19-13-10(15)6-9(14)7-11(13)16/h6-7H,2-5,8H2,1H3. The molecule has 0 unspecified atom stereocenters. The van der Waals surface area contributed by atoms with E-state index in [-0.39, 0.29) is 22.4 Å². The van der Waals surface area contributed by atoms with Crippen molar-refractivity contribution < 1.29 is 14.3 Å². The average Bonchev–Trinajstić information content (AvgIpc) is 2.33. The Morgan fingerprint density at radius 1 is 1.16 bits per heavy atom. The minimum absolute atomic E-state index is 0.229. The van der Waals surface area contributed by atoms with Crippen molar-refractivity contribution in [3.8, 4) is 5.75 Å². The van der Waals surface area contributed by atoms with Crippen LogP contribution >= 0.6 is 34.8 Å². The van der Waals surface area contributed by atoms with Gasteiger partial charge >= 0.3 is 5.97 Å². The maximum absolute atomic E-state index is 11.4. The summed E-state index contributed by atoms with van der Waals surface area (Å²) in [4.78, 5) is 11.4. The van der Waals surface area contributed by atoms with Gasteiger partial charge in [-0.25, -0.2) is 4.79 Å².